The molecule has 0 fully saturated rings. The number of phenols is 1. The highest BCUT2D eigenvalue weighted by atomic mass is 79.9. The Morgan fingerprint density at radius 1 is 1.18 bits per heavy atom. The van der Waals surface area contributed by atoms with E-state index in [0.717, 1.165) is 28.9 Å². The third-order valence-corrected chi connectivity index (χ3v) is 5.02. The van der Waals surface area contributed by atoms with Crippen LogP contribution in [0.5, 0.6) is 5.75 Å². The first-order chi connectivity index (χ1) is 10.7. The molecule has 1 aromatic heterocycles. The molecule has 0 saturated heterocycles. The van der Waals surface area contributed by atoms with E-state index in [9.17, 15) is 5.11 Å². The molecule has 3 rings (SSSR count). The lowest BCUT2D eigenvalue weighted by atomic mass is 10.1. The molecule has 2 aromatic carbocycles. The average molecular weight is 374 g/mol. The van der Waals surface area contributed by atoms with Crippen molar-refractivity contribution in [1.82, 2.24) is 4.98 Å². The van der Waals surface area contributed by atoms with Gasteiger partial charge in [-0.05, 0) is 63.8 Å². The van der Waals surface area contributed by atoms with Gasteiger partial charge in [-0.3, -0.25) is 0 Å². The molecule has 2 nitrogen and oxygen atoms in total. The van der Waals surface area contributed by atoms with Crippen LogP contribution in [-0.2, 0) is 6.42 Å². The minimum Gasteiger partial charge on any atom is -0.507 e. The number of hydrogen-bond acceptors (Lipinski definition) is 3. The molecule has 3 aromatic rings. The minimum absolute atomic E-state index is 0.251. The van der Waals surface area contributed by atoms with Crippen molar-refractivity contribution in [2.45, 2.75) is 19.8 Å². The molecule has 0 bridgehead atoms. The van der Waals surface area contributed by atoms with E-state index in [1.165, 1.54) is 10.3 Å². The number of halogens is 1. The third kappa shape index (κ3) is 3.39. The van der Waals surface area contributed by atoms with Crippen molar-refractivity contribution >= 4 is 49.6 Å². The molecule has 0 aliphatic carbocycles. The predicted octanol–water partition coefficient (Wildman–Crippen LogP) is 5.89. The molecule has 4 heteroatoms. The summed E-state index contributed by atoms with van der Waals surface area (Å²) in [4.78, 5) is 4.64. The second-order valence-electron chi connectivity index (χ2n) is 5.15. The number of thiazole rings is 1. The number of aromatic hydroxyl groups is 1. The van der Waals surface area contributed by atoms with Gasteiger partial charge < -0.3 is 5.11 Å². The topological polar surface area (TPSA) is 33.1 Å². The van der Waals surface area contributed by atoms with E-state index in [1.807, 2.05) is 24.3 Å². The maximum atomic E-state index is 9.51. The normalized spacial score (nSPS) is 11.5. The zero-order valence-corrected chi connectivity index (χ0v) is 14.6. The SMILES string of the molecule is CCCc1ccc2nc(/C=C/c3ccc(O)c(Br)c3)sc2c1. The van der Waals surface area contributed by atoms with Gasteiger partial charge in [0.2, 0.25) is 0 Å². The number of phenolic OH excluding ortho intramolecular Hbond substituents is 1. The summed E-state index contributed by atoms with van der Waals surface area (Å²) >= 11 is 5.03. The van der Waals surface area contributed by atoms with Crippen molar-refractivity contribution in [3.05, 3.63) is 57.0 Å². The van der Waals surface area contributed by atoms with Gasteiger partial charge in [0.25, 0.3) is 0 Å². The Labute approximate surface area is 142 Å². The molecule has 22 heavy (non-hydrogen) atoms. The monoisotopic (exact) mass is 373 g/mol. The Bertz CT molecular complexity index is 838. The number of fused-ring (bicyclic) bond motifs is 1. The number of rotatable bonds is 4. The first kappa shape index (κ1) is 15.3. The second-order valence-corrected chi connectivity index (χ2v) is 7.06. The van der Waals surface area contributed by atoms with Gasteiger partial charge in [0.15, 0.2) is 0 Å². The summed E-state index contributed by atoms with van der Waals surface area (Å²) in [6.07, 6.45) is 6.30. The van der Waals surface area contributed by atoms with E-state index >= 15 is 0 Å². The Kier molecular flexibility index (Phi) is 4.60. The van der Waals surface area contributed by atoms with Crippen LogP contribution in [-0.4, -0.2) is 10.1 Å². The summed E-state index contributed by atoms with van der Waals surface area (Å²) in [6.45, 7) is 2.20. The third-order valence-electron chi connectivity index (χ3n) is 3.40. The molecule has 0 saturated carbocycles. The maximum absolute atomic E-state index is 9.51. The molecule has 0 unspecified atom stereocenters. The van der Waals surface area contributed by atoms with E-state index in [-0.39, 0.29) is 5.75 Å². The lowest BCUT2D eigenvalue weighted by molar-refractivity contribution is 0.472. The summed E-state index contributed by atoms with van der Waals surface area (Å²) in [5, 5.41) is 10.5. The molecule has 0 aliphatic rings. The fraction of sp³-hybridized carbons (Fsp3) is 0.167. The van der Waals surface area contributed by atoms with E-state index < -0.39 is 0 Å². The molecule has 0 spiro atoms. The van der Waals surface area contributed by atoms with Crippen molar-refractivity contribution < 1.29 is 5.11 Å². The lowest BCUT2D eigenvalue weighted by Gasteiger charge is -1.97. The second kappa shape index (κ2) is 6.63. The molecule has 0 aliphatic heterocycles. The first-order valence-corrected chi connectivity index (χ1v) is 8.82. The highest BCUT2D eigenvalue weighted by molar-refractivity contribution is 9.10. The quantitative estimate of drug-likeness (QED) is 0.618. The molecule has 0 atom stereocenters. The van der Waals surface area contributed by atoms with E-state index in [1.54, 1.807) is 17.4 Å². The summed E-state index contributed by atoms with van der Waals surface area (Å²) in [6, 6.07) is 12.0. The van der Waals surface area contributed by atoms with Crippen LogP contribution in [0.25, 0.3) is 22.4 Å². The summed E-state index contributed by atoms with van der Waals surface area (Å²) < 4.78 is 1.93. The van der Waals surface area contributed by atoms with Gasteiger partial charge in [0.1, 0.15) is 10.8 Å². The van der Waals surface area contributed by atoms with E-state index in [4.69, 9.17) is 0 Å². The number of aryl methyl sites for hydroxylation is 1. The lowest BCUT2D eigenvalue weighted by Crippen LogP contribution is -1.81. The molecule has 0 radical (unpaired) electrons. The highest BCUT2D eigenvalue weighted by Crippen LogP contribution is 2.27. The van der Waals surface area contributed by atoms with Crippen LogP contribution in [0.15, 0.2) is 40.9 Å². The number of benzene rings is 2. The van der Waals surface area contributed by atoms with Gasteiger partial charge >= 0.3 is 0 Å². The van der Waals surface area contributed by atoms with Crippen LogP contribution < -0.4 is 0 Å². The fourth-order valence-corrected chi connectivity index (χ4v) is 3.63. The van der Waals surface area contributed by atoms with Crippen molar-refractivity contribution in [1.29, 1.82) is 0 Å². The Morgan fingerprint density at radius 2 is 2.05 bits per heavy atom. The molecular formula is C18H16BrNOS. The number of nitrogens with zero attached hydrogens (tertiary/aromatic N) is 1. The maximum Gasteiger partial charge on any atom is 0.129 e. The number of aromatic nitrogens is 1. The summed E-state index contributed by atoms with van der Waals surface area (Å²) in [5.41, 5.74) is 3.45. The van der Waals surface area contributed by atoms with Crippen molar-refractivity contribution in [3.63, 3.8) is 0 Å². The van der Waals surface area contributed by atoms with Gasteiger partial charge in [0.05, 0.1) is 14.7 Å². The van der Waals surface area contributed by atoms with Gasteiger partial charge in [-0.15, -0.1) is 11.3 Å². The minimum atomic E-state index is 0.251. The van der Waals surface area contributed by atoms with Crippen molar-refractivity contribution in [2.24, 2.45) is 0 Å². The van der Waals surface area contributed by atoms with Crippen LogP contribution in [0.2, 0.25) is 0 Å². The van der Waals surface area contributed by atoms with Gasteiger partial charge in [-0.25, -0.2) is 4.98 Å². The van der Waals surface area contributed by atoms with Crippen LogP contribution >= 0.6 is 27.3 Å². The first-order valence-electron chi connectivity index (χ1n) is 7.22. The van der Waals surface area contributed by atoms with E-state index in [2.05, 4.69) is 46.0 Å². The highest BCUT2D eigenvalue weighted by Gasteiger charge is 2.03. The molecular weight excluding hydrogens is 358 g/mol. The number of hydrogen-bond donors (Lipinski definition) is 1. The largest absolute Gasteiger partial charge is 0.507 e. The standard InChI is InChI=1S/C18H16BrNOS/c1-2-3-12-4-7-15-17(11-12)22-18(20-15)9-6-13-5-8-16(21)14(19)10-13/h4-11,21H,2-3H2,1H3/b9-6+. The fourth-order valence-electron chi connectivity index (χ4n) is 2.30. The summed E-state index contributed by atoms with van der Waals surface area (Å²) in [5.74, 6) is 0.251. The smallest absolute Gasteiger partial charge is 0.129 e. The molecule has 112 valence electrons. The Hall–Kier alpha value is -1.65. The van der Waals surface area contributed by atoms with Crippen LogP contribution in [0.4, 0.5) is 0 Å². The van der Waals surface area contributed by atoms with Crippen LogP contribution in [0.3, 0.4) is 0 Å². The zero-order chi connectivity index (χ0) is 15.5. The molecule has 0 amide bonds. The Morgan fingerprint density at radius 3 is 2.82 bits per heavy atom. The zero-order valence-electron chi connectivity index (χ0n) is 12.2. The summed E-state index contributed by atoms with van der Waals surface area (Å²) in [7, 11) is 0. The average Bonchev–Trinajstić information content (AvgIpc) is 2.91. The van der Waals surface area contributed by atoms with E-state index in [0.29, 0.717) is 4.47 Å². The van der Waals surface area contributed by atoms with Crippen LogP contribution in [0.1, 0.15) is 29.5 Å². The van der Waals surface area contributed by atoms with Gasteiger partial charge in [-0.1, -0.05) is 31.6 Å². The van der Waals surface area contributed by atoms with Gasteiger partial charge in [0, 0.05) is 0 Å². The molecule has 1 heterocycles. The van der Waals surface area contributed by atoms with Gasteiger partial charge in [-0.2, -0.15) is 0 Å². The molecule has 1 N–H and O–H groups in total. The predicted molar refractivity (Wildman–Crippen MR) is 98.3 cm³/mol. The van der Waals surface area contributed by atoms with Crippen LogP contribution in [0, 0.1) is 0 Å². The van der Waals surface area contributed by atoms with Crippen molar-refractivity contribution in [3.8, 4) is 5.75 Å². The Balaban J connectivity index is 1.86. The van der Waals surface area contributed by atoms with Crippen molar-refractivity contribution in [2.75, 3.05) is 0 Å².